The van der Waals surface area contributed by atoms with Gasteiger partial charge in [-0.3, -0.25) is 4.68 Å². The van der Waals surface area contributed by atoms with Crippen molar-refractivity contribution in [3.05, 3.63) is 36.7 Å². The van der Waals surface area contributed by atoms with Crippen molar-refractivity contribution >= 4 is 12.0 Å². The molecule has 0 aliphatic carbocycles. The topological polar surface area (TPSA) is 125 Å². The van der Waals surface area contributed by atoms with Crippen LogP contribution in [0.1, 0.15) is 5.69 Å². The molecule has 2 aromatic heterocycles. The minimum atomic E-state index is -1.10. The summed E-state index contributed by atoms with van der Waals surface area (Å²) in [6, 6.07) is 0.231. The molecular formula is C12H16N6O3. The van der Waals surface area contributed by atoms with E-state index in [4.69, 9.17) is 5.11 Å². The average molecular weight is 292 g/mol. The third-order valence-electron chi connectivity index (χ3n) is 2.77. The Kier molecular flexibility index (Phi) is 4.91. The average Bonchev–Trinajstić information content (AvgIpc) is 3.10. The fraction of sp³-hybridized carbons (Fsp3) is 0.333. The van der Waals surface area contributed by atoms with Crippen LogP contribution in [0.5, 0.6) is 0 Å². The number of hydrogen-bond acceptors (Lipinski definition) is 4. The standard InChI is InChI=1S/C12H16N6O3/c19-11(20)10(6-9-7-13-8-15-9)17-12(21)14-3-5-18-4-1-2-16-18/h1-2,4,7-8,10H,3,5-6H2,(H,13,15)(H,19,20)(H2,14,17,21). The predicted molar refractivity (Wildman–Crippen MR) is 72.5 cm³/mol. The number of aromatic nitrogens is 4. The van der Waals surface area contributed by atoms with E-state index in [0.29, 0.717) is 18.8 Å². The first kappa shape index (κ1) is 14.6. The van der Waals surface area contributed by atoms with Gasteiger partial charge in [-0.25, -0.2) is 14.6 Å². The molecule has 1 atom stereocenters. The van der Waals surface area contributed by atoms with Crippen LogP contribution in [-0.2, 0) is 17.8 Å². The molecule has 2 rings (SSSR count). The van der Waals surface area contributed by atoms with Crippen molar-refractivity contribution in [2.45, 2.75) is 19.0 Å². The van der Waals surface area contributed by atoms with Crippen LogP contribution in [0.3, 0.4) is 0 Å². The molecule has 9 heteroatoms. The lowest BCUT2D eigenvalue weighted by molar-refractivity contribution is -0.139. The summed E-state index contributed by atoms with van der Waals surface area (Å²) in [7, 11) is 0. The summed E-state index contributed by atoms with van der Waals surface area (Å²) in [5.41, 5.74) is 0.638. The molecule has 0 aliphatic rings. The highest BCUT2D eigenvalue weighted by Gasteiger charge is 2.20. The van der Waals surface area contributed by atoms with E-state index in [2.05, 4.69) is 25.7 Å². The Bertz CT molecular complexity index is 566. The molecule has 0 fully saturated rings. The summed E-state index contributed by atoms with van der Waals surface area (Å²) in [6.45, 7) is 0.864. The van der Waals surface area contributed by atoms with Crippen molar-refractivity contribution in [2.24, 2.45) is 0 Å². The van der Waals surface area contributed by atoms with Crippen molar-refractivity contribution < 1.29 is 14.7 Å². The minimum Gasteiger partial charge on any atom is -0.480 e. The lowest BCUT2D eigenvalue weighted by Gasteiger charge is -2.14. The highest BCUT2D eigenvalue weighted by molar-refractivity contribution is 5.82. The molecule has 0 radical (unpaired) electrons. The molecule has 0 bridgehead atoms. The maximum absolute atomic E-state index is 11.7. The number of carboxylic acid groups (broad SMARTS) is 1. The quantitative estimate of drug-likeness (QED) is 0.552. The molecule has 9 nitrogen and oxygen atoms in total. The number of amides is 2. The van der Waals surface area contributed by atoms with Crippen LogP contribution in [0.2, 0.25) is 0 Å². The van der Waals surface area contributed by atoms with Crippen molar-refractivity contribution in [1.29, 1.82) is 0 Å². The van der Waals surface area contributed by atoms with Crippen LogP contribution in [0.25, 0.3) is 0 Å². The SMILES string of the molecule is O=C(NCCn1cccn1)NC(Cc1cnc[nH]1)C(=O)O. The zero-order valence-electron chi connectivity index (χ0n) is 11.2. The molecule has 2 amide bonds. The predicted octanol–water partition coefficient (Wildman–Crippen LogP) is -0.399. The number of urea groups is 1. The maximum atomic E-state index is 11.7. The Balaban J connectivity index is 1.76. The number of carbonyl (C=O) groups excluding carboxylic acids is 1. The van der Waals surface area contributed by atoms with E-state index in [1.165, 1.54) is 12.5 Å². The van der Waals surface area contributed by atoms with Gasteiger partial charge in [0.1, 0.15) is 6.04 Å². The Morgan fingerprint density at radius 2 is 2.33 bits per heavy atom. The largest absolute Gasteiger partial charge is 0.480 e. The Morgan fingerprint density at radius 3 is 2.95 bits per heavy atom. The second-order valence-corrected chi connectivity index (χ2v) is 4.34. The van der Waals surface area contributed by atoms with Crippen molar-refractivity contribution in [2.75, 3.05) is 6.54 Å². The number of rotatable bonds is 7. The zero-order chi connectivity index (χ0) is 15.1. The molecule has 2 aromatic rings. The van der Waals surface area contributed by atoms with Gasteiger partial charge in [-0.05, 0) is 6.07 Å². The van der Waals surface area contributed by atoms with Gasteiger partial charge < -0.3 is 20.7 Å². The Morgan fingerprint density at radius 1 is 1.48 bits per heavy atom. The van der Waals surface area contributed by atoms with Gasteiger partial charge in [-0.1, -0.05) is 0 Å². The van der Waals surface area contributed by atoms with Crippen LogP contribution >= 0.6 is 0 Å². The zero-order valence-corrected chi connectivity index (χ0v) is 11.2. The molecule has 0 aliphatic heterocycles. The summed E-state index contributed by atoms with van der Waals surface area (Å²) in [6.07, 6.45) is 6.54. The summed E-state index contributed by atoms with van der Waals surface area (Å²) < 4.78 is 1.67. The number of nitrogens with zero attached hydrogens (tertiary/aromatic N) is 3. The number of carboxylic acids is 1. The highest BCUT2D eigenvalue weighted by Crippen LogP contribution is 1.98. The van der Waals surface area contributed by atoms with Gasteiger partial charge in [0.05, 0.1) is 12.9 Å². The second-order valence-electron chi connectivity index (χ2n) is 4.34. The van der Waals surface area contributed by atoms with Crippen molar-refractivity contribution in [3.8, 4) is 0 Å². The number of carbonyl (C=O) groups is 2. The molecule has 0 spiro atoms. The molecule has 0 aromatic carbocycles. The monoisotopic (exact) mass is 292 g/mol. The van der Waals surface area contributed by atoms with Gasteiger partial charge in [-0.2, -0.15) is 5.10 Å². The van der Waals surface area contributed by atoms with E-state index < -0.39 is 18.0 Å². The number of imidazole rings is 1. The fourth-order valence-electron chi connectivity index (χ4n) is 1.74. The van der Waals surface area contributed by atoms with E-state index in [0.717, 1.165) is 0 Å². The molecule has 21 heavy (non-hydrogen) atoms. The number of hydrogen-bond donors (Lipinski definition) is 4. The number of aromatic amines is 1. The molecule has 0 saturated carbocycles. The first-order chi connectivity index (χ1) is 10.1. The number of H-pyrrole nitrogens is 1. The van der Waals surface area contributed by atoms with Gasteiger partial charge in [0.25, 0.3) is 0 Å². The van der Waals surface area contributed by atoms with Crippen LogP contribution in [0.15, 0.2) is 31.0 Å². The number of nitrogens with one attached hydrogen (secondary N) is 3. The lowest BCUT2D eigenvalue weighted by Crippen LogP contribution is -2.47. The van der Waals surface area contributed by atoms with Gasteiger partial charge >= 0.3 is 12.0 Å². The van der Waals surface area contributed by atoms with E-state index in [-0.39, 0.29) is 6.42 Å². The van der Waals surface area contributed by atoms with E-state index in [9.17, 15) is 9.59 Å². The second kappa shape index (κ2) is 7.08. The van der Waals surface area contributed by atoms with Gasteiger partial charge in [0.15, 0.2) is 0 Å². The molecule has 0 saturated heterocycles. The highest BCUT2D eigenvalue weighted by atomic mass is 16.4. The van der Waals surface area contributed by atoms with E-state index >= 15 is 0 Å². The lowest BCUT2D eigenvalue weighted by atomic mass is 10.2. The van der Waals surface area contributed by atoms with Crippen LogP contribution in [-0.4, -0.2) is 49.4 Å². The molecule has 1 unspecified atom stereocenters. The normalized spacial score (nSPS) is 11.8. The summed E-state index contributed by atoms with van der Waals surface area (Å²) in [4.78, 5) is 29.4. The van der Waals surface area contributed by atoms with Gasteiger partial charge in [0, 0.05) is 37.3 Å². The summed E-state index contributed by atoms with van der Waals surface area (Å²) in [5, 5.41) is 18.1. The van der Waals surface area contributed by atoms with E-state index in [1.807, 2.05) is 0 Å². The van der Waals surface area contributed by atoms with Crippen LogP contribution in [0, 0.1) is 0 Å². The van der Waals surface area contributed by atoms with Crippen molar-refractivity contribution in [1.82, 2.24) is 30.4 Å². The minimum absolute atomic E-state index is 0.141. The van der Waals surface area contributed by atoms with Crippen molar-refractivity contribution in [3.63, 3.8) is 0 Å². The maximum Gasteiger partial charge on any atom is 0.326 e. The Labute approximate surface area is 120 Å². The first-order valence-electron chi connectivity index (χ1n) is 6.37. The summed E-state index contributed by atoms with van der Waals surface area (Å²) in [5.74, 6) is -1.10. The fourth-order valence-corrected chi connectivity index (χ4v) is 1.74. The van der Waals surface area contributed by atoms with Crippen LogP contribution in [0.4, 0.5) is 4.79 Å². The van der Waals surface area contributed by atoms with Crippen LogP contribution < -0.4 is 10.6 Å². The third kappa shape index (κ3) is 4.64. The molecular weight excluding hydrogens is 276 g/mol. The molecule has 2 heterocycles. The summed E-state index contributed by atoms with van der Waals surface area (Å²) >= 11 is 0. The molecule has 112 valence electrons. The first-order valence-corrected chi connectivity index (χ1v) is 6.37. The Hall–Kier alpha value is -2.84. The van der Waals surface area contributed by atoms with Gasteiger partial charge in [0.2, 0.25) is 0 Å². The van der Waals surface area contributed by atoms with Gasteiger partial charge in [-0.15, -0.1) is 0 Å². The number of aliphatic carboxylic acids is 1. The third-order valence-corrected chi connectivity index (χ3v) is 2.77. The smallest absolute Gasteiger partial charge is 0.326 e. The molecule has 4 N–H and O–H groups in total. The van der Waals surface area contributed by atoms with E-state index in [1.54, 1.807) is 23.1 Å².